The number of hydrogen-bond donors (Lipinski definition) is 2. The van der Waals surface area contributed by atoms with Gasteiger partial charge in [0.05, 0.1) is 17.1 Å². The van der Waals surface area contributed by atoms with Gasteiger partial charge in [-0.2, -0.15) is 5.10 Å². The fourth-order valence-electron chi connectivity index (χ4n) is 4.89. The second-order valence-corrected chi connectivity index (χ2v) is 8.54. The Morgan fingerprint density at radius 3 is 2.62 bits per heavy atom. The first kappa shape index (κ1) is 19.6. The molecule has 4 rings (SSSR count). The largest absolute Gasteiger partial charge is 0.289 e. The van der Waals surface area contributed by atoms with Crippen LogP contribution in [0.3, 0.4) is 0 Å². The third-order valence-corrected chi connectivity index (χ3v) is 6.97. The highest BCUT2D eigenvalue weighted by molar-refractivity contribution is 5.88. The van der Waals surface area contributed by atoms with Crippen molar-refractivity contribution in [3.8, 4) is 0 Å². The number of aromatic nitrogens is 2. The van der Waals surface area contributed by atoms with Gasteiger partial charge in [0.1, 0.15) is 5.82 Å². The number of nitrogens with zero attached hydrogens (tertiary/aromatic N) is 2. The van der Waals surface area contributed by atoms with Crippen molar-refractivity contribution in [3.63, 3.8) is 0 Å². The number of hydroxylamine groups is 1. The van der Waals surface area contributed by atoms with Crippen molar-refractivity contribution in [2.45, 2.75) is 50.4 Å². The predicted molar refractivity (Wildman–Crippen MR) is 109 cm³/mol. The van der Waals surface area contributed by atoms with Gasteiger partial charge in [0, 0.05) is 12.4 Å². The summed E-state index contributed by atoms with van der Waals surface area (Å²) in [4.78, 5) is 12.8. The zero-order valence-electron chi connectivity index (χ0n) is 17.0. The van der Waals surface area contributed by atoms with Crippen LogP contribution in [0, 0.1) is 12.7 Å². The summed E-state index contributed by atoms with van der Waals surface area (Å²) in [6.45, 7) is 3.91. The molecule has 1 fully saturated rings. The summed E-state index contributed by atoms with van der Waals surface area (Å²) in [7, 11) is 1.93. The molecule has 0 radical (unpaired) electrons. The number of hydrogen-bond acceptors (Lipinski definition) is 3. The Bertz CT molecular complexity index is 1080. The Morgan fingerprint density at radius 2 is 1.93 bits per heavy atom. The molecule has 1 amide bonds. The molecule has 5 nitrogen and oxygen atoms in total. The Kier molecular flexibility index (Phi) is 4.69. The van der Waals surface area contributed by atoms with Crippen LogP contribution in [0.1, 0.15) is 49.3 Å². The maximum Gasteiger partial charge on any atom is 0.253 e. The highest BCUT2D eigenvalue weighted by atomic mass is 19.1. The fourth-order valence-corrected chi connectivity index (χ4v) is 4.89. The minimum absolute atomic E-state index is 0.112. The number of fused-ring (bicyclic) bond motifs is 1. The van der Waals surface area contributed by atoms with Gasteiger partial charge in [-0.25, -0.2) is 9.87 Å². The molecular formula is C23H26FN3O2. The molecule has 0 unspecified atom stereocenters. The second kappa shape index (κ2) is 6.95. The predicted octanol–water partition coefficient (Wildman–Crippen LogP) is 4.30. The Labute approximate surface area is 169 Å². The summed E-state index contributed by atoms with van der Waals surface area (Å²) in [6.07, 6.45) is 4.42. The van der Waals surface area contributed by atoms with Crippen molar-refractivity contribution in [1.29, 1.82) is 0 Å². The van der Waals surface area contributed by atoms with E-state index in [-0.39, 0.29) is 11.2 Å². The highest BCUT2D eigenvalue weighted by Crippen LogP contribution is 2.49. The van der Waals surface area contributed by atoms with Crippen molar-refractivity contribution in [2.24, 2.45) is 7.05 Å². The van der Waals surface area contributed by atoms with Crippen molar-refractivity contribution in [2.75, 3.05) is 0 Å². The van der Waals surface area contributed by atoms with Crippen LogP contribution in [-0.2, 0) is 22.7 Å². The molecule has 3 aromatic rings. The van der Waals surface area contributed by atoms with Gasteiger partial charge < -0.3 is 0 Å². The first-order valence-corrected chi connectivity index (χ1v) is 9.93. The molecule has 0 saturated heterocycles. The third kappa shape index (κ3) is 3.02. The number of halogens is 1. The molecule has 1 aliphatic carbocycles. The van der Waals surface area contributed by atoms with Crippen LogP contribution in [0.2, 0.25) is 0 Å². The molecule has 1 aliphatic rings. The van der Waals surface area contributed by atoms with E-state index in [1.807, 2.05) is 23.4 Å². The van der Waals surface area contributed by atoms with Crippen LogP contribution in [0.15, 0.2) is 42.6 Å². The smallest absolute Gasteiger partial charge is 0.253 e. The maximum atomic E-state index is 14.2. The zero-order chi connectivity index (χ0) is 20.8. The number of aryl methyl sites for hydroxylation is 1. The lowest BCUT2D eigenvalue weighted by molar-refractivity contribution is -0.137. The van der Waals surface area contributed by atoms with Crippen molar-refractivity contribution in [3.05, 3.63) is 65.1 Å². The van der Waals surface area contributed by atoms with Gasteiger partial charge in [-0.1, -0.05) is 31.2 Å². The maximum absolute atomic E-state index is 14.2. The molecule has 0 aliphatic heterocycles. The fraction of sp³-hybridized carbons (Fsp3) is 0.391. The summed E-state index contributed by atoms with van der Waals surface area (Å²) in [5.41, 5.74) is 4.22. The van der Waals surface area contributed by atoms with Crippen LogP contribution in [0.4, 0.5) is 4.39 Å². The Morgan fingerprint density at radius 1 is 1.21 bits per heavy atom. The molecule has 6 heteroatoms. The average molecular weight is 395 g/mol. The summed E-state index contributed by atoms with van der Waals surface area (Å²) < 4.78 is 16.1. The SMILES string of the molecule is Cc1c(F)cccc1C1(C(=O)NO)CCC(C)(c2ccc3cnn(C)c3c2)CC1. The quantitative estimate of drug-likeness (QED) is 0.513. The normalized spacial score (nSPS) is 24.6. The van der Waals surface area contributed by atoms with Crippen LogP contribution in [0.5, 0.6) is 0 Å². The summed E-state index contributed by atoms with van der Waals surface area (Å²) in [5.74, 6) is -0.794. The van der Waals surface area contributed by atoms with Crippen molar-refractivity contribution >= 4 is 16.8 Å². The number of nitrogens with one attached hydrogen (secondary N) is 1. The minimum Gasteiger partial charge on any atom is -0.289 e. The molecule has 1 aromatic heterocycles. The molecule has 0 atom stereocenters. The van der Waals surface area contributed by atoms with Crippen LogP contribution in [-0.4, -0.2) is 20.9 Å². The van der Waals surface area contributed by atoms with E-state index in [9.17, 15) is 14.4 Å². The number of benzene rings is 2. The van der Waals surface area contributed by atoms with Gasteiger partial charge in [0.2, 0.25) is 0 Å². The molecule has 0 spiro atoms. The first-order chi connectivity index (χ1) is 13.8. The van der Waals surface area contributed by atoms with Gasteiger partial charge in [-0.15, -0.1) is 0 Å². The summed E-state index contributed by atoms with van der Waals surface area (Å²) >= 11 is 0. The highest BCUT2D eigenvalue weighted by Gasteiger charge is 2.48. The van der Waals surface area contributed by atoms with E-state index >= 15 is 0 Å². The number of rotatable bonds is 3. The summed E-state index contributed by atoms with van der Waals surface area (Å²) in [6, 6.07) is 11.2. The van der Waals surface area contributed by atoms with E-state index < -0.39 is 11.3 Å². The van der Waals surface area contributed by atoms with E-state index in [4.69, 9.17) is 0 Å². The first-order valence-electron chi connectivity index (χ1n) is 9.93. The molecule has 1 saturated carbocycles. The average Bonchev–Trinajstić information content (AvgIpc) is 3.11. The van der Waals surface area contributed by atoms with Gasteiger partial charge in [0.25, 0.3) is 5.91 Å². The molecule has 2 aromatic carbocycles. The van der Waals surface area contributed by atoms with Crippen molar-refractivity contribution in [1.82, 2.24) is 15.3 Å². The third-order valence-electron chi connectivity index (χ3n) is 6.97. The number of carbonyl (C=O) groups is 1. The second-order valence-electron chi connectivity index (χ2n) is 8.54. The lowest BCUT2D eigenvalue weighted by Crippen LogP contribution is -2.48. The van der Waals surface area contributed by atoms with Crippen LogP contribution >= 0.6 is 0 Å². The van der Waals surface area contributed by atoms with Gasteiger partial charge >= 0.3 is 0 Å². The molecule has 152 valence electrons. The van der Waals surface area contributed by atoms with Crippen LogP contribution < -0.4 is 5.48 Å². The van der Waals surface area contributed by atoms with E-state index in [1.54, 1.807) is 19.1 Å². The Hall–Kier alpha value is -2.73. The monoisotopic (exact) mass is 395 g/mol. The van der Waals surface area contributed by atoms with Crippen molar-refractivity contribution < 1.29 is 14.4 Å². The lowest BCUT2D eigenvalue weighted by atomic mass is 9.59. The molecule has 0 bridgehead atoms. The molecule has 2 N–H and O–H groups in total. The lowest BCUT2D eigenvalue weighted by Gasteiger charge is -2.44. The zero-order valence-corrected chi connectivity index (χ0v) is 17.0. The van der Waals surface area contributed by atoms with Crippen LogP contribution in [0.25, 0.3) is 10.9 Å². The van der Waals surface area contributed by atoms with E-state index in [2.05, 4.69) is 30.2 Å². The topological polar surface area (TPSA) is 67.2 Å². The van der Waals surface area contributed by atoms with Gasteiger partial charge in [0.15, 0.2) is 0 Å². The number of carbonyl (C=O) groups excluding carboxylic acids is 1. The Balaban J connectivity index is 1.71. The van der Waals surface area contributed by atoms with E-state index in [0.29, 0.717) is 24.0 Å². The van der Waals surface area contributed by atoms with E-state index in [0.717, 1.165) is 23.7 Å². The molecular weight excluding hydrogens is 369 g/mol. The molecule has 1 heterocycles. The molecule has 29 heavy (non-hydrogen) atoms. The van der Waals surface area contributed by atoms with Gasteiger partial charge in [-0.3, -0.25) is 14.7 Å². The number of amides is 1. The van der Waals surface area contributed by atoms with E-state index in [1.165, 1.54) is 11.6 Å². The summed E-state index contributed by atoms with van der Waals surface area (Å²) in [5, 5.41) is 14.9. The standard InChI is InChI=1S/C23H26FN3O2/c1-15-18(5-4-6-19(15)24)23(21(28)26-29)11-9-22(2,10-12-23)17-8-7-16-14-25-27(3)20(16)13-17/h4-8,13-14,29H,9-12H2,1-3H3,(H,26,28). The van der Waals surface area contributed by atoms with Gasteiger partial charge in [-0.05, 0) is 66.8 Å². The minimum atomic E-state index is -0.933.